The average Bonchev–Trinajstić information content (AvgIpc) is 2.46. The SMILES string of the molecule is O=c1cc([C@@H](O)C[N+](=O)[O-])occ1OCc1ccccc1. The van der Waals surface area contributed by atoms with E-state index in [1.54, 1.807) is 0 Å². The van der Waals surface area contributed by atoms with E-state index in [0.717, 1.165) is 17.9 Å². The quantitative estimate of drug-likeness (QED) is 0.639. The second-order valence-corrected chi connectivity index (χ2v) is 4.32. The number of benzene rings is 1. The molecule has 1 aromatic heterocycles. The van der Waals surface area contributed by atoms with Crippen LogP contribution in [0.5, 0.6) is 5.75 Å². The number of aliphatic hydroxyl groups excluding tert-OH is 1. The van der Waals surface area contributed by atoms with Gasteiger partial charge in [-0.2, -0.15) is 0 Å². The molecule has 1 heterocycles. The maximum absolute atomic E-state index is 11.8. The molecule has 7 heteroatoms. The van der Waals surface area contributed by atoms with Crippen molar-refractivity contribution < 1.29 is 19.2 Å². The summed E-state index contributed by atoms with van der Waals surface area (Å²) in [5, 5.41) is 19.8. The zero-order chi connectivity index (χ0) is 15.2. The van der Waals surface area contributed by atoms with Crippen LogP contribution in [0.1, 0.15) is 17.4 Å². The monoisotopic (exact) mass is 291 g/mol. The molecule has 0 fully saturated rings. The van der Waals surface area contributed by atoms with Gasteiger partial charge in [-0.15, -0.1) is 0 Å². The van der Waals surface area contributed by atoms with Gasteiger partial charge in [0, 0.05) is 11.0 Å². The predicted molar refractivity (Wildman–Crippen MR) is 72.6 cm³/mol. The summed E-state index contributed by atoms with van der Waals surface area (Å²) in [6.45, 7) is -0.532. The summed E-state index contributed by atoms with van der Waals surface area (Å²) in [7, 11) is 0. The van der Waals surface area contributed by atoms with Crippen LogP contribution in [-0.4, -0.2) is 16.6 Å². The Hall–Kier alpha value is -2.67. The molecular weight excluding hydrogens is 278 g/mol. The van der Waals surface area contributed by atoms with E-state index < -0.39 is 23.0 Å². The van der Waals surface area contributed by atoms with Crippen molar-refractivity contribution in [3.8, 4) is 5.75 Å². The Balaban J connectivity index is 2.06. The van der Waals surface area contributed by atoms with E-state index in [4.69, 9.17) is 9.15 Å². The largest absolute Gasteiger partial charge is 0.482 e. The van der Waals surface area contributed by atoms with Gasteiger partial charge in [-0.3, -0.25) is 14.9 Å². The summed E-state index contributed by atoms with van der Waals surface area (Å²) in [5.74, 6) is -0.181. The van der Waals surface area contributed by atoms with Gasteiger partial charge in [-0.25, -0.2) is 0 Å². The number of ether oxygens (including phenoxy) is 1. The van der Waals surface area contributed by atoms with E-state index in [0.29, 0.717) is 0 Å². The first-order valence-electron chi connectivity index (χ1n) is 6.15. The number of nitro groups is 1. The Labute approximate surface area is 119 Å². The van der Waals surface area contributed by atoms with Crippen LogP contribution in [0.3, 0.4) is 0 Å². The molecule has 0 radical (unpaired) electrons. The molecule has 0 aliphatic heterocycles. The molecule has 0 aliphatic carbocycles. The Kier molecular flexibility index (Phi) is 4.68. The van der Waals surface area contributed by atoms with Crippen molar-refractivity contribution in [1.29, 1.82) is 0 Å². The van der Waals surface area contributed by atoms with Crippen molar-refractivity contribution >= 4 is 0 Å². The molecular formula is C14H13NO6. The zero-order valence-electron chi connectivity index (χ0n) is 11.0. The minimum absolute atomic E-state index is 0.0177. The molecule has 1 aromatic carbocycles. The molecule has 0 spiro atoms. The first-order valence-corrected chi connectivity index (χ1v) is 6.15. The van der Waals surface area contributed by atoms with Crippen LogP contribution >= 0.6 is 0 Å². The van der Waals surface area contributed by atoms with Gasteiger partial charge >= 0.3 is 0 Å². The zero-order valence-corrected chi connectivity index (χ0v) is 11.0. The average molecular weight is 291 g/mol. The molecule has 0 aliphatic rings. The van der Waals surface area contributed by atoms with Gasteiger partial charge in [0.2, 0.25) is 17.7 Å². The highest BCUT2D eigenvalue weighted by molar-refractivity contribution is 5.20. The van der Waals surface area contributed by atoms with Crippen LogP contribution in [0, 0.1) is 10.1 Å². The van der Waals surface area contributed by atoms with E-state index >= 15 is 0 Å². The maximum atomic E-state index is 11.8. The maximum Gasteiger partial charge on any atom is 0.236 e. The van der Waals surface area contributed by atoms with Crippen LogP contribution < -0.4 is 10.2 Å². The van der Waals surface area contributed by atoms with Crippen LogP contribution in [0.25, 0.3) is 0 Å². The van der Waals surface area contributed by atoms with Crippen molar-refractivity contribution in [3.05, 3.63) is 74.3 Å². The van der Waals surface area contributed by atoms with Crippen LogP contribution in [0.15, 0.2) is 51.9 Å². The number of aliphatic hydroxyl groups is 1. The van der Waals surface area contributed by atoms with Crippen LogP contribution in [-0.2, 0) is 6.61 Å². The summed E-state index contributed by atoms with van der Waals surface area (Å²) in [5.41, 5.74) is 0.379. The van der Waals surface area contributed by atoms with Gasteiger partial charge in [0.25, 0.3) is 0 Å². The van der Waals surface area contributed by atoms with Gasteiger partial charge in [0.1, 0.15) is 18.6 Å². The molecule has 1 N–H and O–H groups in total. The van der Waals surface area contributed by atoms with E-state index in [9.17, 15) is 20.0 Å². The summed E-state index contributed by atoms with van der Waals surface area (Å²) in [4.78, 5) is 21.4. The summed E-state index contributed by atoms with van der Waals surface area (Å²) in [6, 6.07) is 10.2. The lowest BCUT2D eigenvalue weighted by atomic mass is 10.2. The summed E-state index contributed by atoms with van der Waals surface area (Å²) >= 11 is 0. The Bertz CT molecular complexity index is 667. The van der Waals surface area contributed by atoms with Crippen molar-refractivity contribution in [3.63, 3.8) is 0 Å². The van der Waals surface area contributed by atoms with Crippen molar-refractivity contribution in [2.24, 2.45) is 0 Å². The molecule has 0 amide bonds. The fraction of sp³-hybridized carbons (Fsp3) is 0.214. The fourth-order valence-corrected chi connectivity index (χ4v) is 1.66. The topological polar surface area (TPSA) is 103 Å². The van der Waals surface area contributed by atoms with Gasteiger partial charge < -0.3 is 14.3 Å². The third kappa shape index (κ3) is 4.15. The van der Waals surface area contributed by atoms with Gasteiger partial charge in [-0.05, 0) is 5.56 Å². The molecule has 0 saturated carbocycles. The predicted octanol–water partition coefficient (Wildman–Crippen LogP) is 1.53. The van der Waals surface area contributed by atoms with E-state index in [-0.39, 0.29) is 18.1 Å². The lowest BCUT2D eigenvalue weighted by molar-refractivity contribution is -0.492. The molecule has 2 aromatic rings. The minimum atomic E-state index is -1.46. The fourth-order valence-electron chi connectivity index (χ4n) is 1.66. The standard InChI is InChI=1S/C14H13NO6/c16-11-6-13(12(17)7-15(18)19)21-9-14(11)20-8-10-4-2-1-3-5-10/h1-6,9,12,17H,7-8H2/t12-/m0/s1. The minimum Gasteiger partial charge on any atom is -0.482 e. The normalized spacial score (nSPS) is 11.9. The van der Waals surface area contributed by atoms with Gasteiger partial charge in [0.15, 0.2) is 6.10 Å². The lowest BCUT2D eigenvalue weighted by Gasteiger charge is -2.07. The second-order valence-electron chi connectivity index (χ2n) is 4.32. The Morgan fingerprint density at radius 3 is 2.67 bits per heavy atom. The molecule has 0 unspecified atom stereocenters. The van der Waals surface area contributed by atoms with Crippen LogP contribution in [0.2, 0.25) is 0 Å². The summed E-state index contributed by atoms with van der Waals surface area (Å²) < 4.78 is 10.3. The lowest BCUT2D eigenvalue weighted by Crippen LogP contribution is -2.15. The Morgan fingerprint density at radius 1 is 1.33 bits per heavy atom. The molecule has 0 saturated heterocycles. The van der Waals surface area contributed by atoms with Crippen molar-refractivity contribution in [1.82, 2.24) is 0 Å². The van der Waals surface area contributed by atoms with E-state index in [2.05, 4.69) is 0 Å². The van der Waals surface area contributed by atoms with Crippen molar-refractivity contribution in [2.45, 2.75) is 12.7 Å². The molecule has 2 rings (SSSR count). The summed E-state index contributed by atoms with van der Waals surface area (Å²) in [6.07, 6.45) is -0.417. The molecule has 110 valence electrons. The number of rotatable bonds is 6. The Morgan fingerprint density at radius 2 is 2.05 bits per heavy atom. The first kappa shape index (κ1) is 14.7. The highest BCUT2D eigenvalue weighted by Crippen LogP contribution is 2.15. The number of nitrogens with zero attached hydrogens (tertiary/aromatic N) is 1. The smallest absolute Gasteiger partial charge is 0.236 e. The molecule has 21 heavy (non-hydrogen) atoms. The number of hydrogen-bond donors (Lipinski definition) is 1. The third-order valence-electron chi connectivity index (χ3n) is 2.71. The molecule has 7 nitrogen and oxygen atoms in total. The second kappa shape index (κ2) is 6.67. The highest BCUT2D eigenvalue weighted by Gasteiger charge is 2.18. The van der Waals surface area contributed by atoms with Crippen molar-refractivity contribution in [2.75, 3.05) is 6.54 Å². The van der Waals surface area contributed by atoms with E-state index in [1.807, 2.05) is 30.3 Å². The molecule has 1 atom stereocenters. The molecule has 0 bridgehead atoms. The van der Waals surface area contributed by atoms with Gasteiger partial charge in [0.05, 0.1) is 0 Å². The number of hydrogen-bond acceptors (Lipinski definition) is 6. The van der Waals surface area contributed by atoms with Crippen LogP contribution in [0.4, 0.5) is 0 Å². The first-order chi connectivity index (χ1) is 10.1. The van der Waals surface area contributed by atoms with Gasteiger partial charge in [-0.1, -0.05) is 30.3 Å². The highest BCUT2D eigenvalue weighted by atomic mass is 16.6. The third-order valence-corrected chi connectivity index (χ3v) is 2.71. The van der Waals surface area contributed by atoms with E-state index in [1.165, 1.54) is 0 Å².